The normalized spacial score (nSPS) is 21.7. The van der Waals surface area contributed by atoms with Crippen LogP contribution in [0.1, 0.15) is 13.3 Å². The Morgan fingerprint density at radius 3 is 2.89 bits per heavy atom. The summed E-state index contributed by atoms with van der Waals surface area (Å²) in [6, 6.07) is 5.31. The average Bonchev–Trinajstić information content (AvgIpc) is 2.27. The van der Waals surface area contributed by atoms with E-state index in [2.05, 4.69) is 20.8 Å². The molecule has 0 radical (unpaired) electrons. The van der Waals surface area contributed by atoms with Crippen LogP contribution in [-0.2, 0) is 9.84 Å². The predicted octanol–water partition coefficient (Wildman–Crippen LogP) is 1.78. The Hall–Kier alpha value is -0.590. The van der Waals surface area contributed by atoms with Gasteiger partial charge in [0.2, 0.25) is 0 Å². The van der Waals surface area contributed by atoms with Crippen molar-refractivity contribution >= 4 is 31.5 Å². The number of sulfone groups is 1. The van der Waals surface area contributed by atoms with Gasteiger partial charge in [0.1, 0.15) is 0 Å². The van der Waals surface area contributed by atoms with Gasteiger partial charge >= 0.3 is 0 Å². The third-order valence-electron chi connectivity index (χ3n) is 3.16. The van der Waals surface area contributed by atoms with Crippen molar-refractivity contribution in [2.45, 2.75) is 24.3 Å². The smallest absolute Gasteiger partial charge is 0.182 e. The number of halogens is 1. The molecule has 0 fully saturated rings. The maximum absolute atomic E-state index is 12.1. The van der Waals surface area contributed by atoms with Crippen LogP contribution in [0.15, 0.2) is 27.6 Å². The molecule has 18 heavy (non-hydrogen) atoms. The molecule has 1 aliphatic rings. The summed E-state index contributed by atoms with van der Waals surface area (Å²) in [6.45, 7) is 3.34. The van der Waals surface area contributed by atoms with Crippen molar-refractivity contribution < 1.29 is 8.42 Å². The van der Waals surface area contributed by atoms with Gasteiger partial charge in [0.05, 0.1) is 16.3 Å². The first-order valence-corrected chi connectivity index (χ1v) is 8.39. The topological polar surface area (TPSA) is 63.4 Å². The lowest BCUT2D eigenvalue weighted by Crippen LogP contribution is -2.43. The molecule has 1 aromatic carbocycles. The second kappa shape index (κ2) is 5.19. The molecule has 0 amide bonds. The lowest BCUT2D eigenvalue weighted by atomic mass is 10.2. The van der Waals surface area contributed by atoms with Gasteiger partial charge in [-0.1, -0.05) is 15.9 Å². The molecule has 2 rings (SSSR count). The van der Waals surface area contributed by atoms with Crippen molar-refractivity contribution in [3.63, 3.8) is 0 Å². The Labute approximate surface area is 116 Å². The average molecular weight is 333 g/mol. The molecule has 0 saturated heterocycles. The third-order valence-corrected chi connectivity index (χ3v) is 5.59. The van der Waals surface area contributed by atoms with Gasteiger partial charge in [0.15, 0.2) is 9.84 Å². The summed E-state index contributed by atoms with van der Waals surface area (Å²) < 4.78 is 25.2. The molecular formula is C12H17BrN2O2S. The number of hydrogen-bond acceptors (Lipinski definition) is 4. The monoisotopic (exact) mass is 332 g/mol. The summed E-state index contributed by atoms with van der Waals surface area (Å²) in [6.07, 6.45) is 0.857. The molecule has 1 unspecified atom stereocenters. The standard InChI is InChI=1S/C12H17BrN2O2S/c1-9-8-18(16,17)12-4-3-10(13)7-11(12)15(9)6-2-5-14/h3-4,7,9H,2,5-6,8,14H2,1H3. The van der Waals surface area contributed by atoms with E-state index >= 15 is 0 Å². The maximum Gasteiger partial charge on any atom is 0.182 e. The molecule has 0 saturated carbocycles. The minimum Gasteiger partial charge on any atom is -0.367 e. The van der Waals surface area contributed by atoms with E-state index in [1.807, 2.05) is 13.0 Å². The first-order valence-electron chi connectivity index (χ1n) is 5.95. The predicted molar refractivity (Wildman–Crippen MR) is 76.7 cm³/mol. The lowest BCUT2D eigenvalue weighted by molar-refractivity contribution is 0.568. The Morgan fingerprint density at radius 1 is 1.50 bits per heavy atom. The summed E-state index contributed by atoms with van der Waals surface area (Å²) in [5.74, 6) is 0.173. The SMILES string of the molecule is CC1CS(=O)(=O)c2ccc(Br)cc2N1CCCN. The van der Waals surface area contributed by atoms with Crippen molar-refractivity contribution in [2.75, 3.05) is 23.7 Å². The summed E-state index contributed by atoms with van der Waals surface area (Å²) >= 11 is 3.40. The Balaban J connectivity index is 2.49. The third kappa shape index (κ3) is 2.55. The van der Waals surface area contributed by atoms with Gasteiger partial charge in [-0.2, -0.15) is 0 Å². The first-order chi connectivity index (χ1) is 8.45. The molecule has 0 spiro atoms. The van der Waals surface area contributed by atoms with Gasteiger partial charge in [-0.3, -0.25) is 0 Å². The van der Waals surface area contributed by atoms with E-state index in [9.17, 15) is 8.42 Å². The van der Waals surface area contributed by atoms with Gasteiger partial charge in [0.25, 0.3) is 0 Å². The maximum atomic E-state index is 12.1. The number of fused-ring (bicyclic) bond motifs is 1. The Morgan fingerprint density at radius 2 is 2.22 bits per heavy atom. The minimum atomic E-state index is -3.16. The molecule has 1 heterocycles. The van der Waals surface area contributed by atoms with Crippen LogP contribution in [0.3, 0.4) is 0 Å². The fraction of sp³-hybridized carbons (Fsp3) is 0.500. The van der Waals surface area contributed by atoms with Crippen LogP contribution in [0.2, 0.25) is 0 Å². The summed E-state index contributed by atoms with van der Waals surface area (Å²) in [7, 11) is -3.16. The van der Waals surface area contributed by atoms with Crippen LogP contribution >= 0.6 is 15.9 Å². The molecule has 0 bridgehead atoms. The number of rotatable bonds is 3. The van der Waals surface area contributed by atoms with Crippen LogP contribution in [0.5, 0.6) is 0 Å². The molecule has 2 N–H and O–H groups in total. The molecule has 4 nitrogen and oxygen atoms in total. The molecule has 0 aromatic heterocycles. The second-order valence-corrected chi connectivity index (χ2v) is 7.50. The van der Waals surface area contributed by atoms with E-state index < -0.39 is 9.84 Å². The van der Waals surface area contributed by atoms with E-state index in [-0.39, 0.29) is 11.8 Å². The second-order valence-electron chi connectivity index (χ2n) is 4.58. The van der Waals surface area contributed by atoms with Crippen molar-refractivity contribution in [3.05, 3.63) is 22.7 Å². The molecule has 100 valence electrons. The number of nitrogens with zero attached hydrogens (tertiary/aromatic N) is 1. The van der Waals surface area contributed by atoms with Gasteiger partial charge < -0.3 is 10.6 Å². The Kier molecular flexibility index (Phi) is 3.99. The number of hydrogen-bond donors (Lipinski definition) is 1. The molecule has 1 aromatic rings. The zero-order valence-electron chi connectivity index (χ0n) is 10.3. The number of nitrogens with two attached hydrogens (primary N) is 1. The molecule has 1 atom stereocenters. The minimum absolute atomic E-state index is 0.0108. The highest BCUT2D eigenvalue weighted by Crippen LogP contribution is 2.35. The van der Waals surface area contributed by atoms with Crippen LogP contribution in [0.4, 0.5) is 5.69 Å². The van der Waals surface area contributed by atoms with Crippen LogP contribution in [-0.4, -0.2) is 33.3 Å². The fourth-order valence-electron chi connectivity index (χ4n) is 2.32. The highest BCUT2D eigenvalue weighted by Gasteiger charge is 2.32. The molecule has 0 aliphatic carbocycles. The quantitative estimate of drug-likeness (QED) is 0.916. The molecule has 6 heteroatoms. The number of anilines is 1. The van der Waals surface area contributed by atoms with Crippen LogP contribution in [0.25, 0.3) is 0 Å². The van der Waals surface area contributed by atoms with Gasteiger partial charge in [-0.15, -0.1) is 0 Å². The van der Waals surface area contributed by atoms with Gasteiger partial charge in [-0.05, 0) is 38.1 Å². The highest BCUT2D eigenvalue weighted by molar-refractivity contribution is 9.10. The van der Waals surface area contributed by atoms with Crippen LogP contribution < -0.4 is 10.6 Å². The summed E-state index contributed by atoms with van der Waals surface area (Å²) in [5.41, 5.74) is 6.33. The number of benzene rings is 1. The highest BCUT2D eigenvalue weighted by atomic mass is 79.9. The zero-order chi connectivity index (χ0) is 13.3. The largest absolute Gasteiger partial charge is 0.367 e. The van der Waals surface area contributed by atoms with E-state index in [0.717, 1.165) is 23.1 Å². The van der Waals surface area contributed by atoms with E-state index in [4.69, 9.17) is 5.73 Å². The van der Waals surface area contributed by atoms with E-state index in [1.165, 1.54) is 0 Å². The van der Waals surface area contributed by atoms with E-state index in [0.29, 0.717) is 11.4 Å². The lowest BCUT2D eigenvalue weighted by Gasteiger charge is -2.36. The van der Waals surface area contributed by atoms with Crippen molar-refractivity contribution in [1.82, 2.24) is 0 Å². The Bertz CT molecular complexity index is 545. The zero-order valence-corrected chi connectivity index (χ0v) is 12.7. The van der Waals surface area contributed by atoms with Crippen molar-refractivity contribution in [2.24, 2.45) is 5.73 Å². The summed E-state index contributed by atoms with van der Waals surface area (Å²) in [5, 5.41) is 0. The van der Waals surface area contributed by atoms with Gasteiger partial charge in [0, 0.05) is 17.1 Å². The van der Waals surface area contributed by atoms with Crippen LogP contribution in [0, 0.1) is 0 Å². The van der Waals surface area contributed by atoms with Gasteiger partial charge in [-0.25, -0.2) is 8.42 Å². The molecular weight excluding hydrogens is 316 g/mol. The van der Waals surface area contributed by atoms with E-state index in [1.54, 1.807) is 12.1 Å². The van der Waals surface area contributed by atoms with Crippen molar-refractivity contribution in [3.8, 4) is 0 Å². The van der Waals surface area contributed by atoms with Crippen molar-refractivity contribution in [1.29, 1.82) is 0 Å². The fourth-order valence-corrected chi connectivity index (χ4v) is 4.43. The summed E-state index contributed by atoms with van der Waals surface area (Å²) in [4.78, 5) is 2.56. The first kappa shape index (κ1) is 13.8. The molecule has 1 aliphatic heterocycles.